The molecule has 9 heteroatoms. The van der Waals surface area contributed by atoms with Gasteiger partial charge in [0.25, 0.3) is 0 Å². The van der Waals surface area contributed by atoms with Gasteiger partial charge in [-0.05, 0) is 49.1 Å². The van der Waals surface area contributed by atoms with Crippen molar-refractivity contribution in [2.24, 2.45) is 11.8 Å². The van der Waals surface area contributed by atoms with E-state index >= 15 is 0 Å². The highest BCUT2D eigenvalue weighted by molar-refractivity contribution is 5.93. The number of anilines is 1. The van der Waals surface area contributed by atoms with Crippen LogP contribution in [-0.4, -0.2) is 50.2 Å². The van der Waals surface area contributed by atoms with Gasteiger partial charge < -0.3 is 25.4 Å². The summed E-state index contributed by atoms with van der Waals surface area (Å²) in [6, 6.07) is 11.1. The molecule has 0 radical (unpaired) electrons. The highest BCUT2D eigenvalue weighted by atomic mass is 16.5. The summed E-state index contributed by atoms with van der Waals surface area (Å²) in [5.41, 5.74) is 1.69. The van der Waals surface area contributed by atoms with Crippen LogP contribution in [-0.2, 0) is 19.9 Å². The van der Waals surface area contributed by atoms with Gasteiger partial charge in [0.2, 0.25) is 11.8 Å². The molecule has 2 atom stereocenters. The van der Waals surface area contributed by atoms with Gasteiger partial charge in [-0.15, -0.1) is 0 Å². The van der Waals surface area contributed by atoms with Crippen LogP contribution >= 0.6 is 0 Å². The number of nitriles is 1. The van der Waals surface area contributed by atoms with Gasteiger partial charge in [-0.25, -0.2) is 0 Å². The van der Waals surface area contributed by atoms with Gasteiger partial charge in [-0.1, -0.05) is 12.8 Å². The second-order valence-electron chi connectivity index (χ2n) is 9.81. The standard InChI is InChI=1S/C28H35N5O4/c1-36-13-4-14-37-25-16-24(6-5-20(25)17-29)32-26(34)21-15-22(19-31-18-21)27(35)33-28(9-2-3-10-28)23-7-11-30-12-8-23/h5-8,11-12,16,21-22,31H,2-4,9-10,13-15,18-19H2,1H3,(H,32,34)(H,33,35)/t21-,22+/m1/s1. The quantitative estimate of drug-likeness (QED) is 0.424. The fraction of sp³-hybridized carbons (Fsp3) is 0.500. The molecule has 196 valence electrons. The number of pyridine rings is 1. The zero-order valence-electron chi connectivity index (χ0n) is 21.3. The van der Waals surface area contributed by atoms with Crippen LogP contribution in [0.15, 0.2) is 42.7 Å². The van der Waals surface area contributed by atoms with E-state index in [0.717, 1.165) is 31.2 Å². The number of hydrogen-bond acceptors (Lipinski definition) is 7. The number of carbonyl (C=O) groups is 2. The van der Waals surface area contributed by atoms with Gasteiger partial charge in [0, 0.05) is 57.4 Å². The number of piperidine rings is 1. The number of benzene rings is 1. The molecule has 0 bridgehead atoms. The Bertz CT molecular complexity index is 1110. The molecule has 0 spiro atoms. The van der Waals surface area contributed by atoms with E-state index in [2.05, 4.69) is 27.0 Å². The van der Waals surface area contributed by atoms with Crippen molar-refractivity contribution in [1.29, 1.82) is 5.26 Å². The molecule has 3 N–H and O–H groups in total. The van der Waals surface area contributed by atoms with Crippen LogP contribution in [0.1, 0.15) is 49.7 Å². The SMILES string of the molecule is COCCCOc1cc(NC(=O)[C@H]2CNC[C@@H](C(=O)NC3(c4ccncc4)CCCC3)C2)ccc1C#N. The lowest BCUT2D eigenvalue weighted by molar-refractivity contribution is -0.129. The van der Waals surface area contributed by atoms with Crippen molar-refractivity contribution >= 4 is 17.5 Å². The molecule has 2 heterocycles. The Morgan fingerprint density at radius 1 is 1.11 bits per heavy atom. The first-order valence-electron chi connectivity index (χ1n) is 12.9. The van der Waals surface area contributed by atoms with Crippen molar-refractivity contribution in [3.8, 4) is 11.8 Å². The largest absolute Gasteiger partial charge is 0.492 e. The van der Waals surface area contributed by atoms with E-state index in [1.54, 1.807) is 37.7 Å². The lowest BCUT2D eigenvalue weighted by Gasteiger charge is -2.35. The number of carbonyl (C=O) groups excluding carboxylic acids is 2. The predicted octanol–water partition coefficient (Wildman–Crippen LogP) is 3.12. The first kappa shape index (κ1) is 26.6. The molecule has 4 rings (SSSR count). The highest BCUT2D eigenvalue weighted by Crippen LogP contribution is 2.39. The van der Waals surface area contributed by atoms with E-state index < -0.39 is 0 Å². The van der Waals surface area contributed by atoms with Crippen LogP contribution in [0.2, 0.25) is 0 Å². The Kier molecular flexibility index (Phi) is 9.09. The molecular weight excluding hydrogens is 470 g/mol. The number of nitrogens with zero attached hydrogens (tertiary/aromatic N) is 2. The number of ether oxygens (including phenoxy) is 2. The summed E-state index contributed by atoms with van der Waals surface area (Å²) in [5, 5.41) is 18.9. The normalized spacial score (nSPS) is 20.5. The zero-order valence-corrected chi connectivity index (χ0v) is 21.3. The highest BCUT2D eigenvalue weighted by Gasteiger charge is 2.40. The first-order valence-corrected chi connectivity index (χ1v) is 12.9. The monoisotopic (exact) mass is 505 g/mol. The zero-order chi connectivity index (χ0) is 26.1. The average Bonchev–Trinajstić information content (AvgIpc) is 3.41. The minimum Gasteiger partial charge on any atom is -0.492 e. The van der Waals surface area contributed by atoms with E-state index in [1.807, 2.05) is 12.1 Å². The summed E-state index contributed by atoms with van der Waals surface area (Å²) < 4.78 is 10.8. The molecule has 2 aromatic rings. The predicted molar refractivity (Wildman–Crippen MR) is 139 cm³/mol. The molecular formula is C28H35N5O4. The Hall–Kier alpha value is -3.48. The number of aromatic nitrogens is 1. The molecule has 2 fully saturated rings. The minimum atomic E-state index is -0.364. The second kappa shape index (κ2) is 12.7. The van der Waals surface area contributed by atoms with Crippen LogP contribution < -0.4 is 20.7 Å². The molecule has 0 unspecified atom stereocenters. The fourth-order valence-electron chi connectivity index (χ4n) is 5.26. The maximum Gasteiger partial charge on any atom is 0.228 e. The topological polar surface area (TPSA) is 125 Å². The average molecular weight is 506 g/mol. The number of hydrogen-bond donors (Lipinski definition) is 3. The van der Waals surface area contributed by atoms with Gasteiger partial charge in [-0.3, -0.25) is 14.6 Å². The Balaban J connectivity index is 1.37. The molecule has 1 aliphatic heterocycles. The molecule has 37 heavy (non-hydrogen) atoms. The molecule has 1 aliphatic carbocycles. The third-order valence-corrected chi connectivity index (χ3v) is 7.26. The van der Waals surface area contributed by atoms with E-state index in [0.29, 0.717) is 56.1 Å². The van der Waals surface area contributed by atoms with Gasteiger partial charge in [-0.2, -0.15) is 5.26 Å². The number of nitrogens with one attached hydrogen (secondary N) is 3. The Labute approximate surface area is 217 Å². The molecule has 2 amide bonds. The molecule has 2 aliphatic rings. The third-order valence-electron chi connectivity index (χ3n) is 7.26. The molecule has 1 saturated heterocycles. The van der Waals surface area contributed by atoms with Gasteiger partial charge in [0.15, 0.2) is 0 Å². The summed E-state index contributed by atoms with van der Waals surface area (Å²) in [7, 11) is 1.62. The van der Waals surface area contributed by atoms with Crippen molar-refractivity contribution in [1.82, 2.24) is 15.6 Å². The summed E-state index contributed by atoms with van der Waals surface area (Å²) >= 11 is 0. The maximum atomic E-state index is 13.4. The molecule has 1 saturated carbocycles. The van der Waals surface area contributed by atoms with E-state index in [4.69, 9.17) is 9.47 Å². The molecule has 1 aromatic carbocycles. The fourth-order valence-corrected chi connectivity index (χ4v) is 5.26. The summed E-state index contributed by atoms with van der Waals surface area (Å²) in [4.78, 5) is 30.6. The maximum absolute atomic E-state index is 13.4. The van der Waals surface area contributed by atoms with Crippen molar-refractivity contribution in [2.75, 3.05) is 38.7 Å². The van der Waals surface area contributed by atoms with Gasteiger partial charge in [0.05, 0.1) is 29.5 Å². The van der Waals surface area contributed by atoms with Crippen molar-refractivity contribution < 1.29 is 19.1 Å². The van der Waals surface area contributed by atoms with E-state index in [-0.39, 0.29) is 29.2 Å². The van der Waals surface area contributed by atoms with Gasteiger partial charge >= 0.3 is 0 Å². The minimum absolute atomic E-state index is 0.0196. The van der Waals surface area contributed by atoms with Crippen molar-refractivity contribution in [3.05, 3.63) is 53.9 Å². The lowest BCUT2D eigenvalue weighted by Crippen LogP contribution is -2.51. The summed E-state index contributed by atoms with van der Waals surface area (Å²) in [6.07, 6.45) is 8.64. The van der Waals surface area contributed by atoms with E-state index in [9.17, 15) is 14.9 Å². The number of rotatable bonds is 10. The Morgan fingerprint density at radius 2 is 1.84 bits per heavy atom. The summed E-state index contributed by atoms with van der Waals surface area (Å²) in [6.45, 7) is 2.01. The lowest BCUT2D eigenvalue weighted by atomic mass is 9.85. The smallest absolute Gasteiger partial charge is 0.228 e. The first-order chi connectivity index (χ1) is 18.0. The van der Waals surface area contributed by atoms with Crippen molar-refractivity contribution in [3.63, 3.8) is 0 Å². The number of amides is 2. The van der Waals surface area contributed by atoms with E-state index in [1.165, 1.54) is 0 Å². The van der Waals surface area contributed by atoms with Crippen molar-refractivity contribution in [2.45, 2.75) is 44.1 Å². The van der Waals surface area contributed by atoms with Crippen LogP contribution in [0, 0.1) is 23.2 Å². The molecule has 1 aromatic heterocycles. The second-order valence-corrected chi connectivity index (χ2v) is 9.81. The van der Waals surface area contributed by atoms with Crippen LogP contribution in [0.4, 0.5) is 5.69 Å². The molecule has 9 nitrogen and oxygen atoms in total. The Morgan fingerprint density at radius 3 is 2.54 bits per heavy atom. The number of methoxy groups -OCH3 is 1. The van der Waals surface area contributed by atoms with Crippen LogP contribution in [0.25, 0.3) is 0 Å². The van der Waals surface area contributed by atoms with Crippen LogP contribution in [0.3, 0.4) is 0 Å². The third kappa shape index (κ3) is 6.64. The summed E-state index contributed by atoms with van der Waals surface area (Å²) in [5.74, 6) is -0.414. The van der Waals surface area contributed by atoms with Crippen LogP contribution in [0.5, 0.6) is 5.75 Å². The van der Waals surface area contributed by atoms with Gasteiger partial charge in [0.1, 0.15) is 11.8 Å².